The molecule has 1 atom stereocenters. The summed E-state index contributed by atoms with van der Waals surface area (Å²) >= 11 is 1.50. The lowest BCUT2D eigenvalue weighted by molar-refractivity contribution is -0.274. The van der Waals surface area contributed by atoms with E-state index in [0.717, 1.165) is 36.4 Å². The number of amides is 2. The summed E-state index contributed by atoms with van der Waals surface area (Å²) in [5.74, 6) is 0.832. The molecule has 0 spiro atoms. The lowest BCUT2D eigenvalue weighted by Crippen LogP contribution is -2.30. The lowest BCUT2D eigenvalue weighted by atomic mass is 10.0. The molecule has 2 heterocycles. The van der Waals surface area contributed by atoms with Crippen LogP contribution in [0, 0.1) is 18.3 Å². The highest BCUT2D eigenvalue weighted by molar-refractivity contribution is 8.14. The fourth-order valence-electron chi connectivity index (χ4n) is 4.70. The summed E-state index contributed by atoms with van der Waals surface area (Å²) in [5.41, 5.74) is 5.09. The minimum atomic E-state index is -4.77. The van der Waals surface area contributed by atoms with E-state index >= 15 is 0 Å². The van der Waals surface area contributed by atoms with Gasteiger partial charge >= 0.3 is 12.4 Å². The smallest absolute Gasteiger partial charge is 0.406 e. The molecule has 5 rings (SSSR count). The molecule has 1 unspecified atom stereocenters. The van der Waals surface area contributed by atoms with Crippen LogP contribution in [0.2, 0.25) is 0 Å². The molecular formula is C31H28F3N7O2S. The maximum atomic E-state index is 12.9. The number of rotatable bonds is 8. The van der Waals surface area contributed by atoms with Gasteiger partial charge in [-0.05, 0) is 60.4 Å². The third kappa shape index (κ3) is 7.38. The number of ether oxygens (including phenoxy) is 1. The number of aliphatic imine (C=N–C) groups is 1. The Kier molecular flexibility index (Phi) is 9.20. The Balaban J connectivity index is 1.26. The maximum Gasteiger partial charge on any atom is 0.573 e. The van der Waals surface area contributed by atoms with Gasteiger partial charge in [-0.2, -0.15) is 10.3 Å². The number of nitrogens with zero attached hydrogens (tertiary/aromatic N) is 6. The molecule has 4 aromatic rings. The highest BCUT2D eigenvalue weighted by atomic mass is 32.2. The Morgan fingerprint density at radius 2 is 1.91 bits per heavy atom. The van der Waals surface area contributed by atoms with Crippen LogP contribution in [-0.2, 0) is 6.42 Å². The monoisotopic (exact) mass is 619 g/mol. The lowest BCUT2D eigenvalue weighted by Gasteiger charge is -2.22. The van der Waals surface area contributed by atoms with E-state index in [1.807, 2.05) is 6.92 Å². The highest BCUT2D eigenvalue weighted by Gasteiger charge is 2.31. The molecule has 44 heavy (non-hydrogen) atoms. The van der Waals surface area contributed by atoms with E-state index in [4.69, 9.17) is 0 Å². The van der Waals surface area contributed by atoms with Crippen molar-refractivity contribution in [3.63, 3.8) is 0 Å². The van der Waals surface area contributed by atoms with Crippen molar-refractivity contribution < 1.29 is 22.7 Å². The molecule has 1 saturated heterocycles. The second kappa shape index (κ2) is 13.2. The van der Waals surface area contributed by atoms with Gasteiger partial charge in [0.15, 0.2) is 11.0 Å². The number of benzene rings is 3. The molecule has 0 radical (unpaired) electrons. The van der Waals surface area contributed by atoms with E-state index in [1.165, 1.54) is 52.6 Å². The SMILES string of the molecule is CCCc1ccc(C)cc1N1CCSC1=NC(=O)NC(C#N)c1ccc(-c2ncn(-c3ccc(OC(F)(F)F)cc3)n2)cc1. The summed E-state index contributed by atoms with van der Waals surface area (Å²) in [6.07, 6.45) is -1.41. The van der Waals surface area contributed by atoms with Crippen molar-refractivity contribution in [2.75, 3.05) is 17.2 Å². The molecule has 1 N–H and O–H groups in total. The zero-order valence-electron chi connectivity index (χ0n) is 23.9. The number of alkyl halides is 3. The van der Waals surface area contributed by atoms with E-state index in [0.29, 0.717) is 27.8 Å². The first-order valence-electron chi connectivity index (χ1n) is 13.8. The summed E-state index contributed by atoms with van der Waals surface area (Å²) in [6.45, 7) is 4.91. The number of amidine groups is 1. The van der Waals surface area contributed by atoms with Gasteiger partial charge in [0, 0.05) is 23.5 Å². The van der Waals surface area contributed by atoms with Crippen LogP contribution in [0.3, 0.4) is 0 Å². The number of urea groups is 1. The number of nitrogens with one attached hydrogen (secondary N) is 1. The van der Waals surface area contributed by atoms with Crippen LogP contribution in [0.15, 0.2) is 78.0 Å². The summed E-state index contributed by atoms with van der Waals surface area (Å²) in [7, 11) is 0. The zero-order valence-corrected chi connectivity index (χ0v) is 24.7. The van der Waals surface area contributed by atoms with Crippen LogP contribution in [0.25, 0.3) is 17.1 Å². The van der Waals surface area contributed by atoms with Gasteiger partial charge in [0.25, 0.3) is 0 Å². The zero-order chi connectivity index (χ0) is 31.3. The number of halogens is 3. The molecule has 0 bridgehead atoms. The standard InChI is InChI=1S/C31H28F3N7O2S/c1-3-4-22-6-5-20(2)17-27(22)40-15-16-44-30(40)38-29(42)37-26(18-35)21-7-9-23(10-8-21)28-36-19-41(39-28)24-11-13-25(14-12-24)43-31(32,33)34/h5-14,17,19,26H,3-4,15-16H2,1-2H3,(H,37,42). The Morgan fingerprint density at radius 3 is 2.59 bits per heavy atom. The van der Waals surface area contributed by atoms with Gasteiger partial charge in [0.05, 0.1) is 11.8 Å². The van der Waals surface area contributed by atoms with Crippen LogP contribution in [0.1, 0.15) is 36.1 Å². The molecular weight excluding hydrogens is 591 g/mol. The first kappa shape index (κ1) is 30.6. The van der Waals surface area contributed by atoms with Gasteiger partial charge < -0.3 is 15.0 Å². The summed E-state index contributed by atoms with van der Waals surface area (Å²) in [4.78, 5) is 23.6. The fourth-order valence-corrected chi connectivity index (χ4v) is 5.65. The van der Waals surface area contributed by atoms with Gasteiger partial charge in [0.1, 0.15) is 18.1 Å². The van der Waals surface area contributed by atoms with Crippen LogP contribution in [0.4, 0.5) is 23.7 Å². The number of carbonyl (C=O) groups excluding carboxylic acids is 1. The van der Waals surface area contributed by atoms with Crippen molar-refractivity contribution in [1.29, 1.82) is 5.26 Å². The molecule has 1 aromatic heterocycles. The van der Waals surface area contributed by atoms with Gasteiger partial charge in [-0.3, -0.25) is 0 Å². The normalized spacial score (nSPS) is 14.8. The van der Waals surface area contributed by atoms with Crippen molar-refractivity contribution in [1.82, 2.24) is 20.1 Å². The summed E-state index contributed by atoms with van der Waals surface area (Å²) < 4.78 is 42.6. The fraction of sp³-hybridized carbons (Fsp3) is 0.258. The first-order valence-corrected chi connectivity index (χ1v) is 14.8. The molecule has 2 amide bonds. The van der Waals surface area contributed by atoms with Crippen LogP contribution >= 0.6 is 11.8 Å². The van der Waals surface area contributed by atoms with Crippen LogP contribution in [0.5, 0.6) is 5.75 Å². The average molecular weight is 620 g/mol. The molecule has 1 aliphatic heterocycles. The van der Waals surface area contributed by atoms with E-state index in [2.05, 4.69) is 61.2 Å². The van der Waals surface area contributed by atoms with Crippen molar-refractivity contribution >= 4 is 28.6 Å². The molecule has 226 valence electrons. The summed E-state index contributed by atoms with van der Waals surface area (Å²) in [6, 6.07) is 19.0. The summed E-state index contributed by atoms with van der Waals surface area (Å²) in [5, 5.41) is 17.5. The first-order chi connectivity index (χ1) is 21.1. The number of hydrogen-bond donors (Lipinski definition) is 1. The third-order valence-electron chi connectivity index (χ3n) is 6.75. The van der Waals surface area contributed by atoms with E-state index in [9.17, 15) is 23.2 Å². The number of carbonyl (C=O) groups is 1. The average Bonchev–Trinajstić information content (AvgIpc) is 3.67. The van der Waals surface area contributed by atoms with Gasteiger partial charge in [0.2, 0.25) is 0 Å². The molecule has 1 aliphatic rings. The number of aryl methyl sites for hydroxylation is 2. The van der Waals surface area contributed by atoms with Crippen molar-refractivity contribution in [3.05, 3.63) is 89.7 Å². The van der Waals surface area contributed by atoms with Crippen LogP contribution < -0.4 is 15.0 Å². The highest BCUT2D eigenvalue weighted by Crippen LogP contribution is 2.31. The number of thioether (sulfide) groups is 1. The minimum absolute atomic E-state index is 0.338. The Bertz CT molecular complexity index is 1700. The molecule has 9 nitrogen and oxygen atoms in total. The number of anilines is 1. The number of hydrogen-bond acceptors (Lipinski definition) is 6. The van der Waals surface area contributed by atoms with Gasteiger partial charge in [-0.15, -0.1) is 18.3 Å². The van der Waals surface area contributed by atoms with Crippen molar-refractivity contribution in [2.45, 2.75) is 39.1 Å². The predicted octanol–water partition coefficient (Wildman–Crippen LogP) is 6.98. The largest absolute Gasteiger partial charge is 0.573 e. The Morgan fingerprint density at radius 1 is 1.16 bits per heavy atom. The van der Waals surface area contributed by atoms with Gasteiger partial charge in [-0.1, -0.05) is 61.5 Å². The molecule has 1 fully saturated rings. The van der Waals surface area contributed by atoms with Crippen molar-refractivity contribution in [3.8, 4) is 28.9 Å². The quantitative estimate of drug-likeness (QED) is 0.227. The maximum absolute atomic E-state index is 12.9. The van der Waals surface area contributed by atoms with E-state index in [1.54, 1.807) is 24.3 Å². The van der Waals surface area contributed by atoms with Gasteiger partial charge in [-0.25, -0.2) is 14.5 Å². The number of nitriles is 1. The minimum Gasteiger partial charge on any atom is -0.406 e. The Labute approximate surface area is 256 Å². The van der Waals surface area contributed by atoms with E-state index < -0.39 is 18.4 Å². The molecule has 13 heteroatoms. The molecule has 0 saturated carbocycles. The third-order valence-corrected chi connectivity index (χ3v) is 7.71. The second-order valence-electron chi connectivity index (χ2n) is 9.96. The Hall–Kier alpha value is -4.83. The molecule has 0 aliphatic carbocycles. The topological polar surface area (TPSA) is 108 Å². The van der Waals surface area contributed by atoms with Crippen LogP contribution in [-0.4, -0.2) is 44.6 Å². The van der Waals surface area contributed by atoms with E-state index in [-0.39, 0.29) is 5.75 Å². The molecule has 3 aromatic carbocycles. The second-order valence-corrected chi connectivity index (χ2v) is 11.0. The predicted molar refractivity (Wildman–Crippen MR) is 163 cm³/mol. The number of aromatic nitrogens is 3. The van der Waals surface area contributed by atoms with Crippen molar-refractivity contribution in [2.24, 2.45) is 4.99 Å².